The van der Waals surface area contributed by atoms with Gasteiger partial charge < -0.3 is 10.1 Å². The van der Waals surface area contributed by atoms with Crippen LogP contribution >= 0.6 is 23.4 Å². The summed E-state index contributed by atoms with van der Waals surface area (Å²) in [5.41, 5.74) is 0. The Bertz CT molecular complexity index is 373. The minimum atomic E-state index is -0.0144. The monoisotopic (exact) mass is 273 g/mol. The molecule has 1 amide bonds. The maximum absolute atomic E-state index is 11.6. The Balaban J connectivity index is 2.36. The number of rotatable bonds is 6. The number of benzene rings is 1. The van der Waals surface area contributed by atoms with E-state index in [1.54, 1.807) is 7.11 Å². The number of hydrogen-bond acceptors (Lipinski definition) is 3. The highest BCUT2D eigenvalue weighted by Crippen LogP contribution is 2.26. The van der Waals surface area contributed by atoms with Crippen molar-refractivity contribution in [3.05, 3.63) is 29.3 Å². The molecule has 0 spiro atoms. The molecule has 0 heterocycles. The van der Waals surface area contributed by atoms with E-state index in [0.29, 0.717) is 17.4 Å². The Hall–Kier alpha value is -0.710. The van der Waals surface area contributed by atoms with E-state index >= 15 is 0 Å². The van der Waals surface area contributed by atoms with Gasteiger partial charge in [0.2, 0.25) is 5.91 Å². The van der Waals surface area contributed by atoms with Crippen LogP contribution in [0.4, 0.5) is 0 Å². The second-order valence-electron chi connectivity index (χ2n) is 3.64. The molecule has 1 atom stereocenters. The summed E-state index contributed by atoms with van der Waals surface area (Å²) in [4.78, 5) is 12.5. The van der Waals surface area contributed by atoms with Crippen LogP contribution in [0.3, 0.4) is 0 Å². The molecule has 0 saturated heterocycles. The second kappa shape index (κ2) is 7.58. The molecular formula is C12H16ClNO2S. The fourth-order valence-corrected chi connectivity index (χ4v) is 2.36. The third-order valence-electron chi connectivity index (χ3n) is 2.02. The third kappa shape index (κ3) is 5.44. The standard InChI is InChI=1S/C12H16ClNO2S/c1-9(7-16-2)14-12(15)8-17-11-6-4-3-5-10(11)13/h3-6,9H,7-8H2,1-2H3,(H,14,15). The van der Waals surface area contributed by atoms with Crippen LogP contribution in [0.1, 0.15) is 6.92 Å². The first-order valence-corrected chi connectivity index (χ1v) is 6.65. The first kappa shape index (κ1) is 14.4. The topological polar surface area (TPSA) is 38.3 Å². The van der Waals surface area contributed by atoms with Gasteiger partial charge in [-0.05, 0) is 19.1 Å². The molecule has 0 radical (unpaired) electrons. The molecule has 0 aliphatic carbocycles. The molecule has 1 rings (SSSR count). The lowest BCUT2D eigenvalue weighted by Crippen LogP contribution is -2.36. The zero-order valence-electron chi connectivity index (χ0n) is 9.90. The van der Waals surface area contributed by atoms with Crippen molar-refractivity contribution in [3.8, 4) is 0 Å². The minimum Gasteiger partial charge on any atom is -0.383 e. The number of carbonyl (C=O) groups excluding carboxylic acids is 1. The van der Waals surface area contributed by atoms with Crippen molar-refractivity contribution in [2.75, 3.05) is 19.5 Å². The van der Waals surface area contributed by atoms with Crippen molar-refractivity contribution >= 4 is 29.3 Å². The van der Waals surface area contributed by atoms with Crippen LogP contribution in [-0.4, -0.2) is 31.4 Å². The molecule has 17 heavy (non-hydrogen) atoms. The summed E-state index contributed by atoms with van der Waals surface area (Å²) in [5, 5.41) is 3.52. The van der Waals surface area contributed by atoms with Gasteiger partial charge >= 0.3 is 0 Å². The number of carbonyl (C=O) groups is 1. The summed E-state index contributed by atoms with van der Waals surface area (Å²) in [6.07, 6.45) is 0. The Morgan fingerprint density at radius 1 is 1.53 bits per heavy atom. The van der Waals surface area contributed by atoms with Crippen LogP contribution in [0.5, 0.6) is 0 Å². The van der Waals surface area contributed by atoms with Crippen LogP contribution in [-0.2, 0) is 9.53 Å². The van der Waals surface area contributed by atoms with E-state index in [9.17, 15) is 4.79 Å². The van der Waals surface area contributed by atoms with E-state index in [1.807, 2.05) is 31.2 Å². The lowest BCUT2D eigenvalue weighted by atomic mass is 10.3. The van der Waals surface area contributed by atoms with Crippen molar-refractivity contribution in [1.82, 2.24) is 5.32 Å². The molecule has 3 nitrogen and oxygen atoms in total. The van der Waals surface area contributed by atoms with E-state index in [-0.39, 0.29) is 11.9 Å². The Morgan fingerprint density at radius 2 is 2.24 bits per heavy atom. The number of halogens is 1. The third-order valence-corrected chi connectivity index (χ3v) is 3.53. The van der Waals surface area contributed by atoms with Gasteiger partial charge in [-0.3, -0.25) is 4.79 Å². The smallest absolute Gasteiger partial charge is 0.230 e. The van der Waals surface area contributed by atoms with Crippen LogP contribution in [0.2, 0.25) is 5.02 Å². The number of amides is 1. The SMILES string of the molecule is COCC(C)NC(=O)CSc1ccccc1Cl. The van der Waals surface area contributed by atoms with E-state index in [2.05, 4.69) is 5.32 Å². The van der Waals surface area contributed by atoms with Crippen molar-refractivity contribution in [2.45, 2.75) is 17.9 Å². The predicted octanol–water partition coefficient (Wildman–Crippen LogP) is 2.58. The van der Waals surface area contributed by atoms with E-state index in [0.717, 1.165) is 4.90 Å². The number of methoxy groups -OCH3 is 1. The van der Waals surface area contributed by atoms with Crippen LogP contribution in [0.25, 0.3) is 0 Å². The summed E-state index contributed by atoms with van der Waals surface area (Å²) >= 11 is 7.42. The molecule has 0 bridgehead atoms. The van der Waals surface area contributed by atoms with Gasteiger partial charge in [-0.2, -0.15) is 0 Å². The zero-order valence-corrected chi connectivity index (χ0v) is 11.5. The van der Waals surface area contributed by atoms with Crippen molar-refractivity contribution < 1.29 is 9.53 Å². The normalized spacial score (nSPS) is 12.2. The molecule has 94 valence electrons. The van der Waals surface area contributed by atoms with Gasteiger partial charge in [0.1, 0.15) is 0 Å². The highest BCUT2D eigenvalue weighted by molar-refractivity contribution is 8.00. The van der Waals surface area contributed by atoms with Gasteiger partial charge in [0, 0.05) is 18.0 Å². The van der Waals surface area contributed by atoms with Crippen molar-refractivity contribution in [3.63, 3.8) is 0 Å². The van der Waals surface area contributed by atoms with Crippen molar-refractivity contribution in [1.29, 1.82) is 0 Å². The first-order chi connectivity index (χ1) is 8.13. The molecule has 1 aromatic carbocycles. The predicted molar refractivity (Wildman–Crippen MR) is 71.7 cm³/mol. The van der Waals surface area contributed by atoms with Gasteiger partial charge in [0.15, 0.2) is 0 Å². The Labute approximate surface area is 111 Å². The highest BCUT2D eigenvalue weighted by Gasteiger charge is 2.08. The van der Waals surface area contributed by atoms with Gasteiger partial charge in [-0.25, -0.2) is 0 Å². The molecule has 1 aromatic rings. The fraction of sp³-hybridized carbons (Fsp3) is 0.417. The van der Waals surface area contributed by atoms with Crippen LogP contribution in [0.15, 0.2) is 29.2 Å². The van der Waals surface area contributed by atoms with Crippen LogP contribution in [0, 0.1) is 0 Å². The Morgan fingerprint density at radius 3 is 2.88 bits per heavy atom. The van der Waals surface area contributed by atoms with Gasteiger partial charge in [-0.15, -0.1) is 11.8 Å². The summed E-state index contributed by atoms with van der Waals surface area (Å²) in [6, 6.07) is 7.51. The first-order valence-electron chi connectivity index (χ1n) is 5.29. The average Bonchev–Trinajstić information content (AvgIpc) is 2.28. The fourth-order valence-electron chi connectivity index (χ4n) is 1.31. The second-order valence-corrected chi connectivity index (χ2v) is 5.07. The summed E-state index contributed by atoms with van der Waals surface area (Å²) in [5.74, 6) is 0.345. The quantitative estimate of drug-likeness (QED) is 0.810. The maximum atomic E-state index is 11.6. The summed E-state index contributed by atoms with van der Waals surface area (Å²) in [6.45, 7) is 2.42. The number of hydrogen-bond donors (Lipinski definition) is 1. The Kier molecular flexibility index (Phi) is 6.40. The molecule has 1 unspecified atom stereocenters. The maximum Gasteiger partial charge on any atom is 0.230 e. The van der Waals surface area contributed by atoms with Gasteiger partial charge in [0.25, 0.3) is 0 Å². The number of ether oxygens (including phenoxy) is 1. The number of nitrogens with one attached hydrogen (secondary N) is 1. The molecule has 0 aliphatic rings. The van der Waals surface area contributed by atoms with E-state index < -0.39 is 0 Å². The van der Waals surface area contributed by atoms with E-state index in [1.165, 1.54) is 11.8 Å². The summed E-state index contributed by atoms with van der Waals surface area (Å²) < 4.78 is 4.94. The van der Waals surface area contributed by atoms with E-state index in [4.69, 9.17) is 16.3 Å². The minimum absolute atomic E-state index is 0.0144. The molecule has 1 N–H and O–H groups in total. The molecule has 0 aromatic heterocycles. The average molecular weight is 274 g/mol. The van der Waals surface area contributed by atoms with Gasteiger partial charge in [-0.1, -0.05) is 23.7 Å². The molecule has 0 fully saturated rings. The lowest BCUT2D eigenvalue weighted by molar-refractivity contribution is -0.119. The van der Waals surface area contributed by atoms with Gasteiger partial charge in [0.05, 0.1) is 17.4 Å². The lowest BCUT2D eigenvalue weighted by Gasteiger charge is -2.12. The molecule has 0 aliphatic heterocycles. The molecule has 0 saturated carbocycles. The highest BCUT2D eigenvalue weighted by atomic mass is 35.5. The number of thioether (sulfide) groups is 1. The molecular weight excluding hydrogens is 258 g/mol. The largest absolute Gasteiger partial charge is 0.383 e. The van der Waals surface area contributed by atoms with Crippen LogP contribution < -0.4 is 5.32 Å². The molecule has 5 heteroatoms. The zero-order chi connectivity index (χ0) is 12.7. The van der Waals surface area contributed by atoms with Crippen molar-refractivity contribution in [2.24, 2.45) is 0 Å². The summed E-state index contributed by atoms with van der Waals surface area (Å²) in [7, 11) is 1.61.